The molecule has 2 saturated heterocycles. The highest BCUT2D eigenvalue weighted by Gasteiger charge is 2.49. The Morgan fingerprint density at radius 3 is 2.90 bits per heavy atom. The van der Waals surface area contributed by atoms with Crippen LogP contribution in [0.3, 0.4) is 0 Å². The van der Waals surface area contributed by atoms with Crippen LogP contribution >= 0.6 is 11.6 Å². The maximum atomic E-state index is 6.30. The number of nitrogens with zero attached hydrogens (tertiary/aromatic N) is 2. The lowest BCUT2D eigenvalue weighted by Gasteiger charge is -2.30. The molecule has 0 saturated carbocycles. The first-order valence-electron chi connectivity index (χ1n) is 7.76. The van der Waals surface area contributed by atoms with Gasteiger partial charge in [-0.1, -0.05) is 29.8 Å². The van der Waals surface area contributed by atoms with Gasteiger partial charge in [-0.2, -0.15) is 0 Å². The van der Waals surface area contributed by atoms with Crippen molar-refractivity contribution in [1.29, 1.82) is 0 Å². The van der Waals surface area contributed by atoms with Gasteiger partial charge >= 0.3 is 0 Å². The minimum absolute atomic E-state index is 0.409. The molecule has 2 atom stereocenters. The Morgan fingerprint density at radius 1 is 1.33 bits per heavy atom. The molecule has 2 aliphatic rings. The normalized spacial score (nSPS) is 30.5. The molecule has 3 nitrogen and oxygen atoms in total. The fourth-order valence-corrected chi connectivity index (χ4v) is 4.38. The smallest absolute Gasteiger partial charge is 0.0509 e. The molecule has 1 spiro atoms. The van der Waals surface area contributed by atoms with E-state index in [4.69, 9.17) is 16.3 Å². The average Bonchev–Trinajstić information content (AvgIpc) is 2.98. The summed E-state index contributed by atoms with van der Waals surface area (Å²) in [5, 5.41) is 0.885. The van der Waals surface area contributed by atoms with Crippen LogP contribution in [0.2, 0.25) is 5.02 Å². The van der Waals surface area contributed by atoms with Gasteiger partial charge in [-0.3, -0.25) is 4.90 Å². The molecule has 21 heavy (non-hydrogen) atoms. The molecule has 0 radical (unpaired) electrons. The van der Waals surface area contributed by atoms with Crippen molar-refractivity contribution in [2.24, 2.45) is 11.3 Å². The first-order chi connectivity index (χ1) is 10.1. The summed E-state index contributed by atoms with van der Waals surface area (Å²) in [7, 11) is 4.05. The zero-order chi connectivity index (χ0) is 14.9. The van der Waals surface area contributed by atoms with E-state index in [9.17, 15) is 0 Å². The largest absolute Gasteiger partial charge is 0.384 e. The fourth-order valence-electron chi connectivity index (χ4n) is 4.18. The van der Waals surface area contributed by atoms with Crippen molar-refractivity contribution in [2.45, 2.75) is 13.0 Å². The molecule has 2 fully saturated rings. The van der Waals surface area contributed by atoms with E-state index in [-0.39, 0.29) is 0 Å². The second-order valence-corrected chi connectivity index (χ2v) is 7.17. The van der Waals surface area contributed by atoms with Crippen molar-refractivity contribution in [3.8, 4) is 0 Å². The number of rotatable bonds is 4. The van der Waals surface area contributed by atoms with Gasteiger partial charge in [-0.05, 0) is 31.6 Å². The number of hydrogen-bond acceptors (Lipinski definition) is 3. The predicted octanol–water partition coefficient (Wildman–Crippen LogP) is 2.74. The molecule has 0 aromatic heterocycles. The standard InChI is InChI=1S/C17H25ClN2O/c1-19-10-15(11-21-2)17(12-19)7-8-20(13-17)9-14-5-3-4-6-16(14)18/h3-6,15H,7-13H2,1-2H3/t15-,17+/m1/s1. The van der Waals surface area contributed by atoms with Crippen molar-refractivity contribution in [1.82, 2.24) is 9.80 Å². The van der Waals surface area contributed by atoms with Gasteiger partial charge in [0.2, 0.25) is 0 Å². The van der Waals surface area contributed by atoms with Gasteiger partial charge in [-0.25, -0.2) is 0 Å². The third-order valence-electron chi connectivity index (χ3n) is 5.17. The minimum atomic E-state index is 0.409. The van der Waals surface area contributed by atoms with E-state index in [0.717, 1.165) is 31.3 Å². The van der Waals surface area contributed by atoms with Gasteiger partial charge in [0.25, 0.3) is 0 Å². The summed E-state index contributed by atoms with van der Waals surface area (Å²) in [4.78, 5) is 5.02. The van der Waals surface area contributed by atoms with Crippen LogP contribution in [0.4, 0.5) is 0 Å². The van der Waals surface area contributed by atoms with Crippen LogP contribution in [0.15, 0.2) is 24.3 Å². The van der Waals surface area contributed by atoms with Crippen LogP contribution in [0.5, 0.6) is 0 Å². The van der Waals surface area contributed by atoms with Crippen molar-refractivity contribution in [2.75, 3.05) is 46.9 Å². The summed E-state index contributed by atoms with van der Waals surface area (Å²) in [5.41, 5.74) is 1.65. The topological polar surface area (TPSA) is 15.7 Å². The molecule has 0 N–H and O–H groups in total. The van der Waals surface area contributed by atoms with E-state index in [1.165, 1.54) is 25.1 Å². The highest BCUT2D eigenvalue weighted by atomic mass is 35.5. The summed E-state index contributed by atoms with van der Waals surface area (Å²) in [6, 6.07) is 8.20. The molecular formula is C17H25ClN2O. The number of methoxy groups -OCH3 is 1. The Labute approximate surface area is 132 Å². The second-order valence-electron chi connectivity index (χ2n) is 6.76. The predicted molar refractivity (Wildman–Crippen MR) is 86.6 cm³/mol. The lowest BCUT2D eigenvalue weighted by Crippen LogP contribution is -2.36. The summed E-state index contributed by atoms with van der Waals surface area (Å²) in [6.45, 7) is 6.53. The Bertz CT molecular complexity index is 495. The van der Waals surface area contributed by atoms with Gasteiger partial charge in [0.05, 0.1) is 6.61 Å². The van der Waals surface area contributed by atoms with Gasteiger partial charge in [0.15, 0.2) is 0 Å². The number of benzene rings is 1. The summed E-state index contributed by atoms with van der Waals surface area (Å²) in [5.74, 6) is 0.656. The quantitative estimate of drug-likeness (QED) is 0.850. The highest BCUT2D eigenvalue weighted by Crippen LogP contribution is 2.44. The Hall–Kier alpha value is -0.610. The Morgan fingerprint density at radius 2 is 2.14 bits per heavy atom. The average molecular weight is 309 g/mol. The van der Waals surface area contributed by atoms with Gasteiger partial charge < -0.3 is 9.64 Å². The van der Waals surface area contributed by atoms with E-state index in [1.54, 1.807) is 0 Å². The van der Waals surface area contributed by atoms with Crippen molar-refractivity contribution in [3.05, 3.63) is 34.9 Å². The SMILES string of the molecule is COC[C@H]1CN(C)C[C@]12CCN(Cc1ccccc1Cl)C2. The maximum Gasteiger partial charge on any atom is 0.0509 e. The molecule has 1 aromatic rings. The molecular weight excluding hydrogens is 284 g/mol. The first-order valence-corrected chi connectivity index (χ1v) is 8.14. The van der Waals surface area contributed by atoms with Gasteiger partial charge in [0, 0.05) is 49.6 Å². The molecule has 4 heteroatoms. The highest BCUT2D eigenvalue weighted by molar-refractivity contribution is 6.31. The molecule has 0 unspecified atom stereocenters. The third kappa shape index (κ3) is 3.11. The summed E-state index contributed by atoms with van der Waals surface area (Å²) < 4.78 is 5.47. The lowest BCUT2D eigenvalue weighted by molar-refractivity contribution is 0.0959. The van der Waals surface area contributed by atoms with E-state index >= 15 is 0 Å². The molecule has 1 aromatic carbocycles. The van der Waals surface area contributed by atoms with Gasteiger partial charge in [0.1, 0.15) is 0 Å². The molecule has 0 bridgehead atoms. The monoisotopic (exact) mass is 308 g/mol. The maximum absolute atomic E-state index is 6.30. The first kappa shape index (κ1) is 15.3. The van der Waals surface area contributed by atoms with Crippen LogP contribution in [0.25, 0.3) is 0 Å². The zero-order valence-corrected chi connectivity index (χ0v) is 13.8. The number of ether oxygens (including phenoxy) is 1. The van der Waals surface area contributed by atoms with E-state index < -0.39 is 0 Å². The van der Waals surface area contributed by atoms with E-state index in [2.05, 4.69) is 29.0 Å². The number of hydrogen-bond donors (Lipinski definition) is 0. The molecule has 3 rings (SSSR count). The second kappa shape index (κ2) is 6.25. The molecule has 2 aliphatic heterocycles. The Kier molecular flexibility index (Phi) is 4.55. The number of halogens is 1. The van der Waals surface area contributed by atoms with Crippen LogP contribution in [0.1, 0.15) is 12.0 Å². The minimum Gasteiger partial charge on any atom is -0.384 e. The van der Waals surface area contributed by atoms with Crippen LogP contribution in [0, 0.1) is 11.3 Å². The van der Waals surface area contributed by atoms with Crippen molar-refractivity contribution in [3.63, 3.8) is 0 Å². The van der Waals surface area contributed by atoms with Crippen molar-refractivity contribution < 1.29 is 4.74 Å². The third-order valence-corrected chi connectivity index (χ3v) is 5.54. The van der Waals surface area contributed by atoms with E-state index in [0.29, 0.717) is 11.3 Å². The molecule has 0 amide bonds. The van der Waals surface area contributed by atoms with Gasteiger partial charge in [-0.15, -0.1) is 0 Å². The summed E-state index contributed by atoms with van der Waals surface area (Å²) in [6.07, 6.45) is 1.27. The van der Waals surface area contributed by atoms with E-state index in [1.807, 2.05) is 19.2 Å². The molecule has 2 heterocycles. The Balaban J connectivity index is 1.68. The summed E-state index contributed by atoms with van der Waals surface area (Å²) >= 11 is 6.30. The lowest BCUT2D eigenvalue weighted by atomic mass is 9.77. The molecule has 116 valence electrons. The van der Waals surface area contributed by atoms with Crippen LogP contribution in [-0.4, -0.2) is 56.7 Å². The van der Waals surface area contributed by atoms with Crippen molar-refractivity contribution >= 4 is 11.6 Å². The fraction of sp³-hybridized carbons (Fsp3) is 0.647. The van der Waals surface area contributed by atoms with Crippen LogP contribution in [-0.2, 0) is 11.3 Å². The molecule has 0 aliphatic carbocycles. The number of likely N-dealkylation sites (tertiary alicyclic amines) is 2. The zero-order valence-electron chi connectivity index (χ0n) is 13.0. The van der Waals surface area contributed by atoms with Crippen LogP contribution < -0.4 is 0 Å².